The summed E-state index contributed by atoms with van der Waals surface area (Å²) in [5.74, 6) is 0.815. The van der Waals surface area contributed by atoms with E-state index in [0.29, 0.717) is 0 Å². The summed E-state index contributed by atoms with van der Waals surface area (Å²) in [5, 5.41) is 0. The van der Waals surface area contributed by atoms with Crippen molar-refractivity contribution in [2.45, 2.75) is 37.8 Å². The quantitative estimate of drug-likeness (QED) is 0.782. The first-order valence-electron chi connectivity index (χ1n) is 5.82. The highest BCUT2D eigenvalue weighted by Crippen LogP contribution is 2.34. The van der Waals surface area contributed by atoms with Gasteiger partial charge in [-0.2, -0.15) is 0 Å². The molecule has 1 spiro atoms. The normalized spacial score (nSPS) is 22.9. The van der Waals surface area contributed by atoms with E-state index in [4.69, 9.17) is 9.83 Å². The largest absolute Gasteiger partial charge is 0.264 e. The molecule has 0 radical (unpaired) electrons. The molecule has 1 aromatic heterocycles. The summed E-state index contributed by atoms with van der Waals surface area (Å²) in [7, 11) is 0. The van der Waals surface area contributed by atoms with Crippen LogP contribution in [0.1, 0.15) is 37.7 Å². The molecule has 1 N–H and O–H groups in total. The Morgan fingerprint density at radius 1 is 1.25 bits per heavy atom. The Labute approximate surface area is 94.7 Å². The average molecular weight is 217 g/mol. The lowest BCUT2D eigenvalue weighted by Gasteiger charge is -2.27. The van der Waals surface area contributed by atoms with E-state index in [0.717, 1.165) is 24.2 Å². The molecule has 0 atom stereocenters. The predicted octanol–water partition coefficient (Wildman–Crippen LogP) is 2.02. The van der Waals surface area contributed by atoms with Gasteiger partial charge in [0.05, 0.1) is 0 Å². The second-order valence-electron chi connectivity index (χ2n) is 4.41. The van der Waals surface area contributed by atoms with E-state index in [1.165, 1.54) is 19.3 Å². The van der Waals surface area contributed by atoms with Gasteiger partial charge < -0.3 is 0 Å². The van der Waals surface area contributed by atoms with Crippen LogP contribution < -0.4 is 5.48 Å². The molecule has 3 rings (SSSR count). The van der Waals surface area contributed by atoms with Gasteiger partial charge in [-0.25, -0.2) is 15.3 Å². The molecule has 0 amide bonds. The van der Waals surface area contributed by atoms with E-state index in [-0.39, 0.29) is 5.72 Å². The number of pyridine rings is 1. The summed E-state index contributed by atoms with van der Waals surface area (Å²) in [6, 6.07) is 3.90. The molecule has 16 heavy (non-hydrogen) atoms. The molecule has 0 aromatic carbocycles. The molecule has 2 aliphatic rings. The summed E-state index contributed by atoms with van der Waals surface area (Å²) >= 11 is 0. The van der Waals surface area contributed by atoms with Crippen LogP contribution in [-0.2, 0) is 4.84 Å². The molecule has 4 nitrogen and oxygen atoms in total. The second kappa shape index (κ2) is 3.87. The third kappa shape index (κ3) is 1.69. The molecule has 2 heterocycles. The Morgan fingerprint density at radius 3 is 2.88 bits per heavy atom. The number of amidine groups is 1. The lowest BCUT2D eigenvalue weighted by molar-refractivity contribution is -0.0763. The lowest BCUT2D eigenvalue weighted by atomic mass is 9.92. The predicted molar refractivity (Wildman–Crippen MR) is 60.8 cm³/mol. The molecular formula is C12H15N3O. The number of rotatable bonds is 1. The zero-order chi connectivity index (χ0) is 10.8. The van der Waals surface area contributed by atoms with Gasteiger partial charge in [-0.15, -0.1) is 0 Å². The van der Waals surface area contributed by atoms with Gasteiger partial charge in [0.15, 0.2) is 11.6 Å². The van der Waals surface area contributed by atoms with Crippen LogP contribution in [0.4, 0.5) is 0 Å². The van der Waals surface area contributed by atoms with Crippen LogP contribution in [0.5, 0.6) is 0 Å². The SMILES string of the molecule is c1cncc(C2=NC3(CCCCC3)ON2)c1. The van der Waals surface area contributed by atoms with Crippen molar-refractivity contribution in [3.05, 3.63) is 30.1 Å². The number of nitrogens with one attached hydrogen (secondary N) is 1. The summed E-state index contributed by atoms with van der Waals surface area (Å²) in [6.07, 6.45) is 9.29. The molecule has 1 fully saturated rings. The Balaban J connectivity index is 1.86. The van der Waals surface area contributed by atoms with Crippen LogP contribution in [0.15, 0.2) is 29.5 Å². The van der Waals surface area contributed by atoms with Crippen molar-refractivity contribution in [3.8, 4) is 0 Å². The number of aliphatic imine (C=N–C) groups is 1. The fourth-order valence-electron chi connectivity index (χ4n) is 2.34. The van der Waals surface area contributed by atoms with Crippen LogP contribution in [-0.4, -0.2) is 16.5 Å². The molecule has 84 valence electrons. The van der Waals surface area contributed by atoms with Crippen molar-refractivity contribution in [2.75, 3.05) is 0 Å². The fourth-order valence-corrected chi connectivity index (χ4v) is 2.34. The van der Waals surface area contributed by atoms with E-state index in [9.17, 15) is 0 Å². The van der Waals surface area contributed by atoms with Gasteiger partial charge in [0.1, 0.15) is 0 Å². The first kappa shape index (κ1) is 9.78. The molecule has 4 heteroatoms. The minimum Gasteiger partial charge on any atom is -0.264 e. The van der Waals surface area contributed by atoms with Gasteiger partial charge >= 0.3 is 0 Å². The molecule has 1 aromatic rings. The Kier molecular flexibility index (Phi) is 2.36. The molecule has 0 bridgehead atoms. The van der Waals surface area contributed by atoms with Crippen molar-refractivity contribution in [2.24, 2.45) is 4.99 Å². The molecule has 1 aliphatic heterocycles. The number of hydrogen-bond acceptors (Lipinski definition) is 4. The highest BCUT2D eigenvalue weighted by molar-refractivity contribution is 5.98. The maximum absolute atomic E-state index is 5.67. The number of nitrogens with zero attached hydrogens (tertiary/aromatic N) is 2. The van der Waals surface area contributed by atoms with Gasteiger partial charge in [-0.1, -0.05) is 6.42 Å². The van der Waals surface area contributed by atoms with Crippen LogP contribution in [0, 0.1) is 0 Å². The molecule has 1 aliphatic carbocycles. The standard InChI is InChI=1S/C12H15N3O/c1-2-6-12(7-3-1)14-11(15-16-12)10-5-4-8-13-9-10/h4-5,8-9H,1-3,6-7H2,(H,14,15). The maximum atomic E-state index is 5.67. The van der Waals surface area contributed by atoms with E-state index < -0.39 is 0 Å². The van der Waals surface area contributed by atoms with Crippen LogP contribution >= 0.6 is 0 Å². The minimum absolute atomic E-state index is 0.302. The zero-order valence-electron chi connectivity index (χ0n) is 9.15. The summed E-state index contributed by atoms with van der Waals surface area (Å²) in [5.41, 5.74) is 3.63. The topological polar surface area (TPSA) is 46.5 Å². The third-order valence-electron chi connectivity index (χ3n) is 3.22. The number of hydroxylamine groups is 1. The lowest BCUT2D eigenvalue weighted by Crippen LogP contribution is -2.32. The first-order valence-corrected chi connectivity index (χ1v) is 5.82. The second-order valence-corrected chi connectivity index (χ2v) is 4.41. The molecule has 0 unspecified atom stereocenters. The molecule has 0 saturated heterocycles. The first-order chi connectivity index (χ1) is 7.88. The van der Waals surface area contributed by atoms with Crippen molar-refractivity contribution >= 4 is 5.84 Å². The Bertz CT molecular complexity index is 396. The number of hydrogen-bond donors (Lipinski definition) is 1. The van der Waals surface area contributed by atoms with Crippen LogP contribution in [0.25, 0.3) is 0 Å². The van der Waals surface area contributed by atoms with Crippen molar-refractivity contribution in [3.63, 3.8) is 0 Å². The minimum atomic E-state index is -0.302. The van der Waals surface area contributed by atoms with Crippen molar-refractivity contribution in [1.82, 2.24) is 10.5 Å². The molecular weight excluding hydrogens is 202 g/mol. The van der Waals surface area contributed by atoms with Crippen LogP contribution in [0.3, 0.4) is 0 Å². The highest BCUT2D eigenvalue weighted by Gasteiger charge is 2.38. The van der Waals surface area contributed by atoms with E-state index >= 15 is 0 Å². The maximum Gasteiger partial charge on any atom is 0.187 e. The summed E-state index contributed by atoms with van der Waals surface area (Å²) in [6.45, 7) is 0. The van der Waals surface area contributed by atoms with E-state index in [1.54, 1.807) is 12.4 Å². The van der Waals surface area contributed by atoms with Crippen molar-refractivity contribution < 1.29 is 4.84 Å². The highest BCUT2D eigenvalue weighted by atomic mass is 16.7. The smallest absolute Gasteiger partial charge is 0.187 e. The fraction of sp³-hybridized carbons (Fsp3) is 0.500. The zero-order valence-corrected chi connectivity index (χ0v) is 9.15. The summed E-state index contributed by atoms with van der Waals surface area (Å²) in [4.78, 5) is 14.4. The summed E-state index contributed by atoms with van der Waals surface area (Å²) < 4.78 is 0. The third-order valence-corrected chi connectivity index (χ3v) is 3.22. The number of aromatic nitrogens is 1. The molecule has 1 saturated carbocycles. The van der Waals surface area contributed by atoms with Gasteiger partial charge in [0.25, 0.3) is 0 Å². The van der Waals surface area contributed by atoms with Gasteiger partial charge in [0, 0.05) is 18.0 Å². The van der Waals surface area contributed by atoms with Gasteiger partial charge in [0.2, 0.25) is 0 Å². The van der Waals surface area contributed by atoms with E-state index in [1.807, 2.05) is 12.1 Å². The van der Waals surface area contributed by atoms with Crippen LogP contribution in [0.2, 0.25) is 0 Å². The Hall–Kier alpha value is -1.42. The van der Waals surface area contributed by atoms with E-state index in [2.05, 4.69) is 10.5 Å². The van der Waals surface area contributed by atoms with Crippen molar-refractivity contribution in [1.29, 1.82) is 0 Å². The average Bonchev–Trinajstić information content (AvgIpc) is 2.75. The Morgan fingerprint density at radius 2 is 2.12 bits per heavy atom. The van der Waals surface area contributed by atoms with Gasteiger partial charge in [-0.3, -0.25) is 4.98 Å². The van der Waals surface area contributed by atoms with Gasteiger partial charge in [-0.05, 0) is 37.8 Å². The monoisotopic (exact) mass is 217 g/mol.